The van der Waals surface area contributed by atoms with E-state index in [1.807, 2.05) is 30.3 Å². The Morgan fingerprint density at radius 3 is 2.55 bits per heavy atom. The topological polar surface area (TPSA) is 56.0 Å². The van der Waals surface area contributed by atoms with Crippen LogP contribution in [0.25, 0.3) is 11.5 Å². The Balaban J connectivity index is 1.68. The van der Waals surface area contributed by atoms with Gasteiger partial charge in [-0.3, -0.25) is 4.79 Å². The van der Waals surface area contributed by atoms with Crippen molar-refractivity contribution in [3.05, 3.63) is 65.2 Å². The van der Waals surface area contributed by atoms with E-state index in [4.69, 9.17) is 16.0 Å². The monoisotopic (exact) mass is 330 g/mol. The van der Waals surface area contributed by atoms with E-state index in [0.717, 1.165) is 0 Å². The largest absolute Gasteiger partial charge is 0.411 e. The number of thioether (sulfide) groups is 1. The lowest BCUT2D eigenvalue weighted by Gasteiger charge is -1.98. The molecule has 0 bridgehead atoms. The fourth-order valence-electron chi connectivity index (χ4n) is 1.85. The number of carbonyl (C=O) groups excluding carboxylic acids is 1. The minimum Gasteiger partial charge on any atom is -0.411 e. The molecule has 1 aromatic heterocycles. The van der Waals surface area contributed by atoms with Gasteiger partial charge < -0.3 is 4.42 Å². The van der Waals surface area contributed by atoms with E-state index >= 15 is 0 Å². The molecule has 0 saturated carbocycles. The second-order valence-electron chi connectivity index (χ2n) is 4.43. The second-order valence-corrected chi connectivity index (χ2v) is 5.76. The number of Topliss-reactive ketones (excluding diaryl/α,β-unsaturated/α-hetero) is 1. The van der Waals surface area contributed by atoms with Crippen LogP contribution in [0.1, 0.15) is 10.4 Å². The van der Waals surface area contributed by atoms with Crippen molar-refractivity contribution in [3.8, 4) is 11.5 Å². The second kappa shape index (κ2) is 6.77. The fraction of sp³-hybridized carbons (Fsp3) is 0.0625. The summed E-state index contributed by atoms with van der Waals surface area (Å²) in [5.74, 6) is 0.608. The van der Waals surface area contributed by atoms with Crippen molar-refractivity contribution < 1.29 is 9.21 Å². The number of ketones is 1. The molecule has 0 spiro atoms. The minimum absolute atomic E-state index is 0.0168. The number of aromatic nitrogens is 2. The van der Waals surface area contributed by atoms with Crippen LogP contribution >= 0.6 is 23.4 Å². The zero-order valence-electron chi connectivity index (χ0n) is 11.4. The van der Waals surface area contributed by atoms with Crippen molar-refractivity contribution in [2.45, 2.75) is 5.22 Å². The van der Waals surface area contributed by atoms with Crippen LogP contribution in [-0.4, -0.2) is 21.7 Å². The van der Waals surface area contributed by atoms with Crippen molar-refractivity contribution in [2.24, 2.45) is 0 Å². The number of carbonyl (C=O) groups is 1. The van der Waals surface area contributed by atoms with Crippen LogP contribution in [0.15, 0.2) is 64.2 Å². The van der Waals surface area contributed by atoms with Crippen molar-refractivity contribution in [1.29, 1.82) is 0 Å². The number of benzene rings is 2. The Hall–Kier alpha value is -2.11. The quantitative estimate of drug-likeness (QED) is 0.513. The van der Waals surface area contributed by atoms with Crippen molar-refractivity contribution in [2.75, 3.05) is 5.75 Å². The van der Waals surface area contributed by atoms with Crippen molar-refractivity contribution >= 4 is 29.1 Å². The van der Waals surface area contributed by atoms with Crippen molar-refractivity contribution in [1.82, 2.24) is 10.2 Å². The molecule has 0 amide bonds. The highest BCUT2D eigenvalue weighted by molar-refractivity contribution is 7.99. The maximum atomic E-state index is 12.0. The van der Waals surface area contributed by atoms with Crippen LogP contribution in [0.5, 0.6) is 0 Å². The molecule has 1 heterocycles. The van der Waals surface area contributed by atoms with E-state index in [2.05, 4.69) is 10.2 Å². The smallest absolute Gasteiger partial charge is 0.277 e. The number of hydrogen-bond donors (Lipinski definition) is 0. The lowest BCUT2D eigenvalue weighted by atomic mass is 10.2. The van der Waals surface area contributed by atoms with E-state index in [1.54, 1.807) is 24.3 Å². The molecule has 0 aliphatic rings. The predicted octanol–water partition coefficient (Wildman–Crippen LogP) is 4.37. The average molecular weight is 331 g/mol. The van der Waals surface area contributed by atoms with Gasteiger partial charge in [-0.1, -0.05) is 65.8 Å². The molecule has 0 N–H and O–H groups in total. The summed E-state index contributed by atoms with van der Waals surface area (Å²) in [5, 5.41) is 8.79. The molecular formula is C16H11ClN2O2S. The van der Waals surface area contributed by atoms with Gasteiger partial charge in [-0.05, 0) is 12.1 Å². The predicted molar refractivity (Wildman–Crippen MR) is 86.2 cm³/mol. The first-order chi connectivity index (χ1) is 10.7. The molecule has 4 nitrogen and oxygen atoms in total. The highest BCUT2D eigenvalue weighted by atomic mass is 35.5. The zero-order valence-corrected chi connectivity index (χ0v) is 13.0. The fourth-order valence-corrected chi connectivity index (χ4v) is 2.72. The first-order valence-corrected chi connectivity index (χ1v) is 7.90. The lowest BCUT2D eigenvalue weighted by molar-refractivity contribution is 0.102. The maximum absolute atomic E-state index is 12.0. The van der Waals surface area contributed by atoms with E-state index in [-0.39, 0.29) is 11.5 Å². The van der Waals surface area contributed by atoms with Gasteiger partial charge in [-0.15, -0.1) is 10.2 Å². The van der Waals surface area contributed by atoms with E-state index < -0.39 is 0 Å². The molecule has 110 valence electrons. The van der Waals surface area contributed by atoms with Gasteiger partial charge in [0.15, 0.2) is 5.78 Å². The molecule has 22 heavy (non-hydrogen) atoms. The van der Waals surface area contributed by atoms with E-state index in [0.29, 0.717) is 27.3 Å². The molecule has 6 heteroatoms. The first kappa shape index (κ1) is 14.8. The Kier molecular flexibility index (Phi) is 4.56. The van der Waals surface area contributed by atoms with Gasteiger partial charge in [0.25, 0.3) is 5.22 Å². The van der Waals surface area contributed by atoms with Crippen LogP contribution in [0, 0.1) is 0 Å². The molecule has 3 aromatic rings. The zero-order chi connectivity index (χ0) is 15.4. The average Bonchev–Trinajstić information content (AvgIpc) is 3.02. The van der Waals surface area contributed by atoms with Gasteiger partial charge >= 0.3 is 0 Å². The van der Waals surface area contributed by atoms with Gasteiger partial charge in [0, 0.05) is 5.56 Å². The summed E-state index contributed by atoms with van der Waals surface area (Å²) in [5.41, 5.74) is 1.35. The van der Waals surface area contributed by atoms with Gasteiger partial charge in [0.2, 0.25) is 5.89 Å². The van der Waals surface area contributed by atoms with E-state index in [9.17, 15) is 4.79 Å². The molecule has 3 rings (SSSR count). The summed E-state index contributed by atoms with van der Waals surface area (Å²) < 4.78 is 5.54. The highest BCUT2D eigenvalue weighted by Gasteiger charge is 2.13. The summed E-state index contributed by atoms with van der Waals surface area (Å²) >= 11 is 7.30. The molecule has 0 saturated heterocycles. The molecule has 0 radical (unpaired) electrons. The Morgan fingerprint density at radius 1 is 1.05 bits per heavy atom. The van der Waals surface area contributed by atoms with E-state index in [1.165, 1.54) is 11.8 Å². The summed E-state index contributed by atoms with van der Waals surface area (Å²) in [7, 11) is 0. The van der Waals surface area contributed by atoms with Gasteiger partial charge in [-0.25, -0.2) is 0 Å². The third-order valence-corrected chi connectivity index (χ3v) is 4.08. The molecule has 0 fully saturated rings. The standard InChI is InChI=1S/C16H11ClN2O2S/c17-13-9-5-4-8-12(13)15-18-19-16(21-15)22-10-14(20)11-6-2-1-3-7-11/h1-9H,10H2. The molecule has 2 aromatic carbocycles. The van der Waals surface area contributed by atoms with Crippen molar-refractivity contribution in [3.63, 3.8) is 0 Å². The Bertz CT molecular complexity index is 790. The Labute approximate surface area is 136 Å². The third kappa shape index (κ3) is 3.37. The molecule has 0 aliphatic heterocycles. The van der Waals surface area contributed by atoms with Gasteiger partial charge in [0.1, 0.15) is 0 Å². The Morgan fingerprint density at radius 2 is 1.77 bits per heavy atom. The highest BCUT2D eigenvalue weighted by Crippen LogP contribution is 2.28. The van der Waals surface area contributed by atoms with Crippen LogP contribution in [0.2, 0.25) is 5.02 Å². The summed E-state index contributed by atoms with van der Waals surface area (Å²) in [6.07, 6.45) is 0. The number of halogens is 1. The van der Waals surface area contributed by atoms with Gasteiger partial charge in [-0.2, -0.15) is 0 Å². The summed E-state index contributed by atoms with van der Waals surface area (Å²) in [6, 6.07) is 16.3. The number of rotatable bonds is 5. The number of hydrogen-bond acceptors (Lipinski definition) is 5. The summed E-state index contributed by atoms with van der Waals surface area (Å²) in [4.78, 5) is 12.0. The normalized spacial score (nSPS) is 10.6. The van der Waals surface area contributed by atoms with Crippen LogP contribution in [0.4, 0.5) is 0 Å². The van der Waals surface area contributed by atoms with Gasteiger partial charge in [0.05, 0.1) is 16.3 Å². The lowest BCUT2D eigenvalue weighted by Crippen LogP contribution is -2.01. The molecule has 0 aliphatic carbocycles. The molecule has 0 atom stereocenters. The van der Waals surface area contributed by atoms with Crippen LogP contribution in [-0.2, 0) is 0 Å². The third-order valence-electron chi connectivity index (χ3n) is 2.93. The SMILES string of the molecule is O=C(CSc1nnc(-c2ccccc2Cl)o1)c1ccccc1. The molecular weight excluding hydrogens is 320 g/mol. The number of nitrogens with zero attached hydrogens (tertiary/aromatic N) is 2. The van der Waals surface area contributed by atoms with Crippen LogP contribution in [0.3, 0.4) is 0 Å². The first-order valence-electron chi connectivity index (χ1n) is 6.53. The molecule has 0 unspecified atom stereocenters. The minimum atomic E-state index is 0.0168. The maximum Gasteiger partial charge on any atom is 0.277 e. The summed E-state index contributed by atoms with van der Waals surface area (Å²) in [6.45, 7) is 0. The van der Waals surface area contributed by atoms with Crippen LogP contribution < -0.4 is 0 Å².